The molecular formula is C27H36N4O2. The Morgan fingerprint density at radius 3 is 2.48 bits per heavy atom. The van der Waals surface area contributed by atoms with Crippen LogP contribution in [-0.2, 0) is 22.6 Å². The van der Waals surface area contributed by atoms with Crippen LogP contribution in [0.15, 0.2) is 48.5 Å². The lowest BCUT2D eigenvalue weighted by atomic mass is 9.85. The van der Waals surface area contributed by atoms with Crippen LogP contribution in [0, 0.1) is 5.92 Å². The van der Waals surface area contributed by atoms with Gasteiger partial charge in [-0.2, -0.15) is 0 Å². The van der Waals surface area contributed by atoms with Gasteiger partial charge in [0, 0.05) is 11.4 Å². The maximum absolute atomic E-state index is 13.7. The number of carbonyl (C=O) groups excluding carboxylic acids is 2. The van der Waals surface area contributed by atoms with Gasteiger partial charge in [0.05, 0.1) is 18.6 Å². The van der Waals surface area contributed by atoms with Crippen molar-refractivity contribution in [2.75, 3.05) is 10.6 Å². The van der Waals surface area contributed by atoms with Crippen LogP contribution in [0.5, 0.6) is 0 Å². The summed E-state index contributed by atoms with van der Waals surface area (Å²) in [6.45, 7) is 0.456. The van der Waals surface area contributed by atoms with E-state index < -0.39 is 12.1 Å². The number of amides is 2. The second-order valence-corrected chi connectivity index (χ2v) is 9.59. The van der Waals surface area contributed by atoms with Gasteiger partial charge in [0.25, 0.3) is 0 Å². The molecule has 2 aromatic rings. The highest BCUT2D eigenvalue weighted by molar-refractivity contribution is 5.99. The van der Waals surface area contributed by atoms with Crippen LogP contribution < -0.4 is 21.7 Å². The monoisotopic (exact) mass is 448 g/mol. The number of anilines is 2. The number of hydrogen-bond acceptors (Lipinski definition) is 4. The van der Waals surface area contributed by atoms with Crippen LogP contribution in [0.3, 0.4) is 0 Å². The first kappa shape index (κ1) is 23.3. The molecule has 1 heterocycles. The fourth-order valence-electron chi connectivity index (χ4n) is 5.27. The molecule has 1 aliphatic carbocycles. The summed E-state index contributed by atoms with van der Waals surface area (Å²) in [7, 11) is 0. The fourth-order valence-corrected chi connectivity index (χ4v) is 5.27. The lowest BCUT2D eigenvalue weighted by Gasteiger charge is -2.29. The Morgan fingerprint density at radius 1 is 1.03 bits per heavy atom. The number of nitrogen functional groups attached to an aromatic ring is 1. The maximum atomic E-state index is 13.7. The van der Waals surface area contributed by atoms with Crippen molar-refractivity contribution in [3.63, 3.8) is 0 Å². The standard InChI is InChI=1S/C27H36N4O2/c28-22-14-10-20(11-15-22)18-31-25-9-5-4-8-21(25)13-17-24(27(31)33)30-23(26(29)32)16-12-19-6-2-1-3-7-19/h4-5,8-11,14-15,19,23-24,30H,1-3,6-7,12-13,16-18,28H2,(H2,29,32)/t23-,24?/m0/s1. The number of hydrogen-bond donors (Lipinski definition) is 3. The van der Waals surface area contributed by atoms with E-state index in [2.05, 4.69) is 11.4 Å². The SMILES string of the molecule is NC(=O)[C@H](CCC1CCCCC1)NC1CCc2ccccc2N(Cc2ccc(N)cc2)C1=O. The summed E-state index contributed by atoms with van der Waals surface area (Å²) in [5.74, 6) is 0.282. The molecule has 0 radical (unpaired) electrons. The number of nitrogens with zero attached hydrogens (tertiary/aromatic N) is 1. The predicted molar refractivity (Wildman–Crippen MR) is 133 cm³/mol. The number of fused-ring (bicyclic) bond motifs is 1. The largest absolute Gasteiger partial charge is 0.399 e. The first-order chi connectivity index (χ1) is 16.0. The molecule has 6 nitrogen and oxygen atoms in total. The summed E-state index contributed by atoms with van der Waals surface area (Å²) in [6.07, 6.45) is 9.42. The molecule has 1 unspecified atom stereocenters. The van der Waals surface area contributed by atoms with Crippen LogP contribution >= 0.6 is 0 Å². The Balaban J connectivity index is 1.51. The minimum absolute atomic E-state index is 0.0132. The van der Waals surface area contributed by atoms with E-state index in [1.807, 2.05) is 47.4 Å². The first-order valence-electron chi connectivity index (χ1n) is 12.3. The number of para-hydroxylation sites is 1. The molecule has 176 valence electrons. The zero-order valence-electron chi connectivity index (χ0n) is 19.3. The number of carbonyl (C=O) groups is 2. The molecule has 1 fully saturated rings. The fraction of sp³-hybridized carbons (Fsp3) is 0.481. The molecule has 6 heteroatoms. The van der Waals surface area contributed by atoms with Gasteiger partial charge in [-0.25, -0.2) is 0 Å². The summed E-state index contributed by atoms with van der Waals surface area (Å²) in [6, 6.07) is 14.7. The van der Waals surface area contributed by atoms with Crippen molar-refractivity contribution in [2.45, 2.75) is 76.4 Å². The van der Waals surface area contributed by atoms with E-state index in [1.165, 1.54) is 32.1 Å². The van der Waals surface area contributed by atoms with Crippen LogP contribution in [0.4, 0.5) is 11.4 Å². The molecule has 2 aromatic carbocycles. The minimum Gasteiger partial charge on any atom is -0.399 e. The van der Waals surface area contributed by atoms with Crippen molar-refractivity contribution in [3.05, 3.63) is 59.7 Å². The Kier molecular flexibility index (Phi) is 7.65. The molecule has 0 bridgehead atoms. The van der Waals surface area contributed by atoms with Gasteiger partial charge in [0.1, 0.15) is 0 Å². The summed E-state index contributed by atoms with van der Waals surface area (Å²) < 4.78 is 0. The molecule has 1 saturated carbocycles. The van der Waals surface area contributed by atoms with Gasteiger partial charge in [-0.1, -0.05) is 62.4 Å². The Labute approximate surface area is 196 Å². The van der Waals surface area contributed by atoms with E-state index in [9.17, 15) is 9.59 Å². The van der Waals surface area contributed by atoms with Crippen molar-refractivity contribution in [2.24, 2.45) is 11.7 Å². The molecule has 5 N–H and O–H groups in total. The molecule has 4 rings (SSSR count). The quantitative estimate of drug-likeness (QED) is 0.533. The van der Waals surface area contributed by atoms with Crippen LogP contribution in [0.1, 0.15) is 62.5 Å². The smallest absolute Gasteiger partial charge is 0.244 e. The third-order valence-corrected chi connectivity index (χ3v) is 7.20. The van der Waals surface area contributed by atoms with Gasteiger partial charge in [0.15, 0.2) is 0 Å². The van der Waals surface area contributed by atoms with Gasteiger partial charge in [0.2, 0.25) is 11.8 Å². The number of nitrogens with one attached hydrogen (secondary N) is 1. The maximum Gasteiger partial charge on any atom is 0.244 e. The summed E-state index contributed by atoms with van der Waals surface area (Å²) in [5.41, 5.74) is 15.4. The summed E-state index contributed by atoms with van der Waals surface area (Å²) in [4.78, 5) is 27.9. The molecule has 33 heavy (non-hydrogen) atoms. The zero-order chi connectivity index (χ0) is 23.2. The number of benzene rings is 2. The lowest BCUT2D eigenvalue weighted by molar-refractivity contribution is -0.123. The molecule has 2 aliphatic rings. The van der Waals surface area contributed by atoms with Crippen molar-refractivity contribution in [1.82, 2.24) is 5.32 Å². The predicted octanol–water partition coefficient (Wildman–Crippen LogP) is 3.92. The zero-order valence-corrected chi connectivity index (χ0v) is 19.3. The third kappa shape index (κ3) is 5.93. The highest BCUT2D eigenvalue weighted by Gasteiger charge is 2.33. The van der Waals surface area contributed by atoms with Gasteiger partial charge in [-0.3, -0.25) is 14.9 Å². The van der Waals surface area contributed by atoms with Crippen molar-refractivity contribution in [1.29, 1.82) is 0 Å². The highest BCUT2D eigenvalue weighted by Crippen LogP contribution is 2.30. The minimum atomic E-state index is -0.486. The molecular weight excluding hydrogens is 412 g/mol. The van der Waals surface area contributed by atoms with Crippen LogP contribution in [-0.4, -0.2) is 23.9 Å². The first-order valence-corrected chi connectivity index (χ1v) is 12.3. The van der Waals surface area contributed by atoms with E-state index >= 15 is 0 Å². The van der Waals surface area contributed by atoms with Crippen molar-refractivity contribution < 1.29 is 9.59 Å². The number of aryl methyl sites for hydroxylation is 1. The van der Waals surface area contributed by atoms with E-state index in [0.29, 0.717) is 31.0 Å². The van der Waals surface area contributed by atoms with Crippen LogP contribution in [0.25, 0.3) is 0 Å². The van der Waals surface area contributed by atoms with E-state index in [1.54, 1.807) is 0 Å². The van der Waals surface area contributed by atoms with Crippen LogP contribution in [0.2, 0.25) is 0 Å². The Bertz CT molecular complexity index is 953. The number of primary amides is 1. The van der Waals surface area contributed by atoms with Crippen molar-refractivity contribution >= 4 is 23.2 Å². The number of nitrogens with two attached hydrogens (primary N) is 2. The lowest BCUT2D eigenvalue weighted by Crippen LogP contribution is -2.53. The average molecular weight is 449 g/mol. The number of rotatable bonds is 8. The van der Waals surface area contributed by atoms with Gasteiger partial charge in [-0.15, -0.1) is 0 Å². The second kappa shape index (κ2) is 10.8. The van der Waals surface area contributed by atoms with Gasteiger partial charge >= 0.3 is 0 Å². The van der Waals surface area contributed by atoms with Crippen molar-refractivity contribution in [3.8, 4) is 0 Å². The summed E-state index contributed by atoms with van der Waals surface area (Å²) in [5, 5.41) is 3.36. The van der Waals surface area contributed by atoms with E-state index in [-0.39, 0.29) is 11.8 Å². The van der Waals surface area contributed by atoms with Gasteiger partial charge < -0.3 is 16.4 Å². The second-order valence-electron chi connectivity index (χ2n) is 9.59. The molecule has 0 saturated heterocycles. The molecule has 2 amide bonds. The molecule has 1 aliphatic heterocycles. The Hall–Kier alpha value is -2.86. The molecule has 0 spiro atoms. The average Bonchev–Trinajstić information content (AvgIpc) is 2.95. The summed E-state index contributed by atoms with van der Waals surface area (Å²) >= 11 is 0. The topological polar surface area (TPSA) is 101 Å². The van der Waals surface area contributed by atoms with E-state index in [4.69, 9.17) is 11.5 Å². The molecule has 0 aromatic heterocycles. The molecule has 2 atom stereocenters. The Morgan fingerprint density at radius 2 is 1.76 bits per heavy atom. The highest BCUT2D eigenvalue weighted by atomic mass is 16.2. The van der Waals surface area contributed by atoms with E-state index in [0.717, 1.165) is 29.7 Å². The third-order valence-electron chi connectivity index (χ3n) is 7.20. The van der Waals surface area contributed by atoms with Gasteiger partial charge in [-0.05, 0) is 60.9 Å². The normalized spacial score (nSPS) is 20.2.